The van der Waals surface area contributed by atoms with E-state index in [1.165, 1.54) is 11.3 Å². The lowest BCUT2D eigenvalue weighted by Crippen LogP contribution is -2.51. The van der Waals surface area contributed by atoms with Gasteiger partial charge in [0.05, 0.1) is 21.7 Å². The molecule has 1 saturated heterocycles. The Morgan fingerprint density at radius 2 is 1.90 bits per heavy atom. The summed E-state index contributed by atoms with van der Waals surface area (Å²) in [5.41, 5.74) is 3.38. The minimum absolute atomic E-state index is 0.370. The molecule has 30 heavy (non-hydrogen) atoms. The number of fused-ring (bicyclic) bond motifs is 1. The van der Waals surface area contributed by atoms with Crippen molar-refractivity contribution >= 4 is 40.1 Å². The van der Waals surface area contributed by atoms with E-state index in [1.807, 2.05) is 41.8 Å². The second-order valence-corrected chi connectivity index (χ2v) is 8.65. The number of hydrogen-bond acceptors (Lipinski definition) is 5. The van der Waals surface area contributed by atoms with Crippen LogP contribution in [0.15, 0.2) is 47.8 Å². The molecule has 2 N–H and O–H groups in total. The molecular formula is C22H20N4O3S. The number of para-hydroxylation sites is 1. The molecule has 0 bridgehead atoms. The molecule has 152 valence electrons. The number of pyridine rings is 1. The third kappa shape index (κ3) is 3.04. The lowest BCUT2D eigenvalue weighted by atomic mass is 9.82. The monoisotopic (exact) mass is 420 g/mol. The number of nitrogens with zero attached hydrogens (tertiary/aromatic N) is 2. The number of hydrazine groups is 1. The van der Waals surface area contributed by atoms with Crippen molar-refractivity contribution in [1.29, 1.82) is 0 Å². The second kappa shape index (κ2) is 7.21. The predicted octanol–water partition coefficient (Wildman–Crippen LogP) is 3.86. The molecule has 1 aliphatic heterocycles. The van der Waals surface area contributed by atoms with E-state index >= 15 is 0 Å². The van der Waals surface area contributed by atoms with E-state index < -0.39 is 17.5 Å². The highest BCUT2D eigenvalue weighted by molar-refractivity contribution is 7.13. The van der Waals surface area contributed by atoms with Crippen molar-refractivity contribution in [1.82, 2.24) is 20.7 Å². The highest BCUT2D eigenvalue weighted by atomic mass is 32.1. The highest BCUT2D eigenvalue weighted by Crippen LogP contribution is 2.33. The fourth-order valence-corrected chi connectivity index (χ4v) is 4.98. The molecule has 0 radical (unpaired) electrons. The molecule has 0 unspecified atom stereocenters. The Morgan fingerprint density at radius 1 is 1.10 bits per heavy atom. The highest BCUT2D eigenvalue weighted by Gasteiger charge is 2.52. The third-order valence-electron chi connectivity index (χ3n) is 5.82. The number of rotatable bonds is 3. The number of aromatic nitrogens is 1. The van der Waals surface area contributed by atoms with E-state index in [9.17, 15) is 14.4 Å². The molecular weight excluding hydrogens is 400 g/mol. The number of benzene rings is 1. The Hall–Kier alpha value is -3.26. The zero-order valence-electron chi connectivity index (χ0n) is 16.2. The first-order valence-corrected chi connectivity index (χ1v) is 10.9. The van der Waals surface area contributed by atoms with Crippen LogP contribution in [0.2, 0.25) is 0 Å². The number of hydrogen-bond donors (Lipinski definition) is 2. The largest absolute Gasteiger partial charge is 0.344 e. The van der Waals surface area contributed by atoms with Gasteiger partial charge < -0.3 is 5.32 Å². The van der Waals surface area contributed by atoms with Gasteiger partial charge >= 0.3 is 6.03 Å². The Kier molecular flexibility index (Phi) is 4.51. The van der Waals surface area contributed by atoms with Crippen molar-refractivity contribution in [2.75, 3.05) is 0 Å². The molecule has 2 aromatic heterocycles. The molecule has 1 saturated carbocycles. The molecule has 8 heteroatoms. The van der Waals surface area contributed by atoms with Gasteiger partial charge in [-0.1, -0.05) is 43.5 Å². The minimum atomic E-state index is -0.884. The van der Waals surface area contributed by atoms with Gasteiger partial charge in [0.25, 0.3) is 11.8 Å². The lowest BCUT2D eigenvalue weighted by molar-refractivity contribution is -0.134. The number of imide groups is 1. The van der Waals surface area contributed by atoms with Gasteiger partial charge in [-0.25, -0.2) is 9.78 Å². The Labute approximate surface area is 177 Å². The topological polar surface area (TPSA) is 91.4 Å². The maximum absolute atomic E-state index is 13.2. The summed E-state index contributed by atoms with van der Waals surface area (Å²) < 4.78 is 0. The molecule has 4 amide bonds. The number of urea groups is 1. The van der Waals surface area contributed by atoms with Crippen molar-refractivity contribution in [2.45, 2.75) is 37.6 Å². The van der Waals surface area contributed by atoms with Gasteiger partial charge in [-0.3, -0.25) is 15.0 Å². The molecule has 1 aliphatic carbocycles. The van der Waals surface area contributed by atoms with Gasteiger partial charge in [0.1, 0.15) is 5.54 Å². The van der Waals surface area contributed by atoms with Crippen molar-refractivity contribution in [3.8, 4) is 10.6 Å². The molecule has 1 spiro atoms. The van der Waals surface area contributed by atoms with Crippen LogP contribution in [0, 0.1) is 0 Å². The van der Waals surface area contributed by atoms with Gasteiger partial charge in [-0.05, 0) is 36.4 Å². The summed E-state index contributed by atoms with van der Waals surface area (Å²) in [5.74, 6) is -0.889. The van der Waals surface area contributed by atoms with Crippen molar-refractivity contribution in [2.24, 2.45) is 0 Å². The van der Waals surface area contributed by atoms with Crippen LogP contribution >= 0.6 is 11.3 Å². The van der Waals surface area contributed by atoms with Crippen LogP contribution in [0.5, 0.6) is 0 Å². The van der Waals surface area contributed by atoms with Crippen LogP contribution in [0.25, 0.3) is 21.5 Å². The maximum Gasteiger partial charge on any atom is 0.344 e. The number of carbonyl (C=O) groups is 3. The summed E-state index contributed by atoms with van der Waals surface area (Å²) in [4.78, 5) is 44.3. The van der Waals surface area contributed by atoms with Crippen LogP contribution in [0.1, 0.15) is 42.5 Å². The smallest absolute Gasteiger partial charge is 0.322 e. The van der Waals surface area contributed by atoms with Gasteiger partial charge in [-0.2, -0.15) is 5.01 Å². The fourth-order valence-electron chi connectivity index (χ4n) is 4.29. The van der Waals surface area contributed by atoms with Gasteiger partial charge in [0.2, 0.25) is 0 Å². The number of carbonyl (C=O) groups excluding carboxylic acids is 3. The molecule has 2 fully saturated rings. The zero-order valence-corrected chi connectivity index (χ0v) is 17.0. The van der Waals surface area contributed by atoms with E-state index in [0.29, 0.717) is 35.0 Å². The summed E-state index contributed by atoms with van der Waals surface area (Å²) in [6.45, 7) is 0. The van der Waals surface area contributed by atoms with E-state index in [0.717, 1.165) is 29.1 Å². The predicted molar refractivity (Wildman–Crippen MR) is 114 cm³/mol. The summed E-state index contributed by atoms with van der Waals surface area (Å²) in [6.07, 6.45) is 4.01. The summed E-state index contributed by atoms with van der Waals surface area (Å²) >= 11 is 1.53. The van der Waals surface area contributed by atoms with Crippen molar-refractivity contribution in [3.05, 3.63) is 53.4 Å². The van der Waals surface area contributed by atoms with Gasteiger partial charge in [0, 0.05) is 5.39 Å². The average Bonchev–Trinajstić information content (AvgIpc) is 3.37. The molecule has 1 aromatic carbocycles. The Morgan fingerprint density at radius 3 is 2.67 bits per heavy atom. The molecule has 2 aliphatic rings. The van der Waals surface area contributed by atoms with Gasteiger partial charge in [-0.15, -0.1) is 11.3 Å². The van der Waals surface area contributed by atoms with Crippen LogP contribution in [0.3, 0.4) is 0 Å². The van der Waals surface area contributed by atoms with Crippen LogP contribution in [0.4, 0.5) is 4.79 Å². The van der Waals surface area contributed by atoms with E-state index in [2.05, 4.69) is 15.7 Å². The first-order chi connectivity index (χ1) is 14.6. The molecule has 0 atom stereocenters. The van der Waals surface area contributed by atoms with E-state index in [4.69, 9.17) is 0 Å². The van der Waals surface area contributed by atoms with Crippen LogP contribution < -0.4 is 10.7 Å². The van der Waals surface area contributed by atoms with E-state index in [-0.39, 0.29) is 5.91 Å². The number of thiophene rings is 1. The quantitative estimate of drug-likeness (QED) is 0.630. The fraction of sp³-hybridized carbons (Fsp3) is 0.273. The number of nitrogens with one attached hydrogen (secondary N) is 2. The standard InChI is InChI=1S/C22H20N4O3S/c27-19(25-26-20(28)22(24-21(26)29)10-4-1-5-11-22)15-13-17(18-9-6-12-30-18)23-16-8-3-2-7-14(15)16/h2-3,6-9,12-13H,1,4-5,10-11H2,(H,24,29)(H,25,27). The molecule has 3 aromatic rings. The van der Waals surface area contributed by atoms with Crippen molar-refractivity contribution < 1.29 is 14.4 Å². The minimum Gasteiger partial charge on any atom is -0.322 e. The molecule has 7 nitrogen and oxygen atoms in total. The third-order valence-corrected chi connectivity index (χ3v) is 6.71. The first kappa shape index (κ1) is 18.7. The summed E-state index contributed by atoms with van der Waals surface area (Å²) in [7, 11) is 0. The maximum atomic E-state index is 13.2. The van der Waals surface area contributed by atoms with Crippen LogP contribution in [-0.4, -0.2) is 33.4 Å². The normalized spacial score (nSPS) is 18.1. The lowest BCUT2D eigenvalue weighted by Gasteiger charge is -2.30. The molecule has 5 rings (SSSR count). The Bertz CT molecular complexity index is 1150. The SMILES string of the molecule is O=C(NN1C(=O)NC2(CCCCC2)C1=O)c1cc(-c2cccs2)nc2ccccc12. The first-order valence-electron chi connectivity index (χ1n) is 9.99. The second-order valence-electron chi connectivity index (χ2n) is 7.70. The Balaban J connectivity index is 1.49. The van der Waals surface area contributed by atoms with E-state index in [1.54, 1.807) is 6.07 Å². The average molecular weight is 420 g/mol. The van der Waals surface area contributed by atoms with Crippen molar-refractivity contribution in [3.63, 3.8) is 0 Å². The number of amides is 4. The summed E-state index contributed by atoms with van der Waals surface area (Å²) in [6, 6.07) is 12.3. The zero-order chi connectivity index (χ0) is 20.7. The molecule has 3 heterocycles. The van der Waals surface area contributed by atoms with Gasteiger partial charge in [0.15, 0.2) is 0 Å². The summed E-state index contributed by atoms with van der Waals surface area (Å²) in [5, 5.41) is 6.26. The van der Waals surface area contributed by atoms with Crippen LogP contribution in [-0.2, 0) is 4.79 Å².